The zero-order chi connectivity index (χ0) is 12.1. The number of hydrogen-bond acceptors (Lipinski definition) is 2. The van der Waals surface area contributed by atoms with E-state index in [-0.39, 0.29) is 12.6 Å². The third-order valence-corrected chi connectivity index (χ3v) is 2.89. The Labute approximate surface area is 102 Å². The minimum Gasteiger partial charge on any atom is -0.396 e. The zero-order valence-corrected chi connectivity index (χ0v) is 9.71. The average Bonchev–Trinajstić information content (AvgIpc) is 2.40. The molecule has 0 spiro atoms. The molecule has 17 heavy (non-hydrogen) atoms. The van der Waals surface area contributed by atoms with E-state index in [9.17, 15) is 0 Å². The van der Waals surface area contributed by atoms with Crippen molar-refractivity contribution in [2.24, 2.45) is 5.73 Å². The topological polar surface area (TPSA) is 46.2 Å². The number of aliphatic hydroxyl groups excluding tert-OH is 1. The van der Waals surface area contributed by atoms with Gasteiger partial charge in [0.05, 0.1) is 0 Å². The lowest BCUT2D eigenvalue weighted by Crippen LogP contribution is -2.11. The molecule has 1 atom stereocenters. The van der Waals surface area contributed by atoms with Gasteiger partial charge in [0, 0.05) is 12.6 Å². The van der Waals surface area contributed by atoms with Crippen molar-refractivity contribution in [3.05, 3.63) is 60.2 Å². The van der Waals surface area contributed by atoms with Gasteiger partial charge < -0.3 is 10.8 Å². The maximum atomic E-state index is 8.85. The van der Waals surface area contributed by atoms with Gasteiger partial charge in [-0.15, -0.1) is 0 Å². The molecule has 0 aliphatic heterocycles. The highest BCUT2D eigenvalue weighted by Crippen LogP contribution is 2.21. The SMILES string of the molecule is NC(CCO)c1ccc(-c2ccccc2)cc1. The smallest absolute Gasteiger partial charge is 0.0449 e. The molecule has 2 nitrogen and oxygen atoms in total. The van der Waals surface area contributed by atoms with E-state index < -0.39 is 0 Å². The average molecular weight is 227 g/mol. The summed E-state index contributed by atoms with van der Waals surface area (Å²) in [5.41, 5.74) is 9.39. The van der Waals surface area contributed by atoms with Gasteiger partial charge in [-0.3, -0.25) is 0 Å². The van der Waals surface area contributed by atoms with Crippen LogP contribution in [-0.4, -0.2) is 11.7 Å². The second-order valence-corrected chi connectivity index (χ2v) is 4.11. The van der Waals surface area contributed by atoms with E-state index in [2.05, 4.69) is 24.3 Å². The van der Waals surface area contributed by atoms with Crippen LogP contribution in [0, 0.1) is 0 Å². The van der Waals surface area contributed by atoms with Crippen LogP contribution in [0.5, 0.6) is 0 Å². The molecular formula is C15H17NO. The molecule has 0 aromatic heterocycles. The summed E-state index contributed by atoms with van der Waals surface area (Å²) in [7, 11) is 0. The predicted molar refractivity (Wildman–Crippen MR) is 70.5 cm³/mol. The van der Waals surface area contributed by atoms with Gasteiger partial charge in [0.1, 0.15) is 0 Å². The number of hydrogen-bond donors (Lipinski definition) is 2. The van der Waals surface area contributed by atoms with Gasteiger partial charge in [-0.05, 0) is 23.1 Å². The molecule has 3 N–H and O–H groups in total. The van der Waals surface area contributed by atoms with Crippen LogP contribution in [0.4, 0.5) is 0 Å². The molecule has 0 fully saturated rings. The summed E-state index contributed by atoms with van der Waals surface area (Å²) in [5.74, 6) is 0. The van der Waals surface area contributed by atoms with Crippen molar-refractivity contribution in [2.75, 3.05) is 6.61 Å². The van der Waals surface area contributed by atoms with Gasteiger partial charge >= 0.3 is 0 Å². The van der Waals surface area contributed by atoms with Crippen LogP contribution in [0.25, 0.3) is 11.1 Å². The highest BCUT2D eigenvalue weighted by Gasteiger charge is 2.05. The Kier molecular flexibility index (Phi) is 3.91. The van der Waals surface area contributed by atoms with E-state index in [4.69, 9.17) is 10.8 Å². The highest BCUT2D eigenvalue weighted by atomic mass is 16.3. The highest BCUT2D eigenvalue weighted by molar-refractivity contribution is 5.63. The van der Waals surface area contributed by atoms with Crippen LogP contribution in [0.3, 0.4) is 0 Å². The lowest BCUT2D eigenvalue weighted by molar-refractivity contribution is 0.276. The van der Waals surface area contributed by atoms with Crippen molar-refractivity contribution in [3.8, 4) is 11.1 Å². The first kappa shape index (κ1) is 11.8. The molecule has 2 aromatic carbocycles. The molecule has 0 amide bonds. The Morgan fingerprint density at radius 2 is 1.47 bits per heavy atom. The third kappa shape index (κ3) is 2.93. The Morgan fingerprint density at radius 1 is 0.882 bits per heavy atom. The van der Waals surface area contributed by atoms with Crippen molar-refractivity contribution in [1.82, 2.24) is 0 Å². The van der Waals surface area contributed by atoms with Crippen molar-refractivity contribution >= 4 is 0 Å². The van der Waals surface area contributed by atoms with Gasteiger partial charge in [0.15, 0.2) is 0 Å². The Morgan fingerprint density at radius 3 is 2.06 bits per heavy atom. The predicted octanol–water partition coefficient (Wildman–Crippen LogP) is 2.74. The Balaban J connectivity index is 2.19. The summed E-state index contributed by atoms with van der Waals surface area (Å²) in [4.78, 5) is 0. The first-order valence-electron chi connectivity index (χ1n) is 5.83. The maximum absolute atomic E-state index is 8.85. The summed E-state index contributed by atoms with van der Waals surface area (Å²) in [6.45, 7) is 0.127. The molecule has 0 saturated heterocycles. The zero-order valence-electron chi connectivity index (χ0n) is 9.71. The molecule has 2 heteroatoms. The molecule has 0 aliphatic rings. The Bertz CT molecular complexity index is 450. The second kappa shape index (κ2) is 5.62. The molecule has 0 saturated carbocycles. The molecule has 1 unspecified atom stereocenters. The standard InChI is InChI=1S/C15H17NO/c16-15(10-11-17)14-8-6-13(7-9-14)12-4-2-1-3-5-12/h1-9,15,17H,10-11,16H2. The van der Waals surface area contributed by atoms with Crippen molar-refractivity contribution in [3.63, 3.8) is 0 Å². The fourth-order valence-corrected chi connectivity index (χ4v) is 1.86. The first-order chi connectivity index (χ1) is 8.31. The molecule has 88 valence electrons. The van der Waals surface area contributed by atoms with Gasteiger partial charge in [-0.25, -0.2) is 0 Å². The number of nitrogens with two attached hydrogens (primary N) is 1. The van der Waals surface area contributed by atoms with Gasteiger partial charge in [-0.1, -0.05) is 54.6 Å². The van der Waals surface area contributed by atoms with Crippen molar-refractivity contribution in [2.45, 2.75) is 12.5 Å². The van der Waals surface area contributed by atoms with Gasteiger partial charge in [0.25, 0.3) is 0 Å². The molecule has 2 rings (SSSR count). The lowest BCUT2D eigenvalue weighted by atomic mass is 10.00. The van der Waals surface area contributed by atoms with E-state index >= 15 is 0 Å². The first-order valence-corrected chi connectivity index (χ1v) is 5.83. The van der Waals surface area contributed by atoms with Crippen LogP contribution in [0.2, 0.25) is 0 Å². The Hall–Kier alpha value is -1.64. The van der Waals surface area contributed by atoms with Gasteiger partial charge in [-0.2, -0.15) is 0 Å². The fraction of sp³-hybridized carbons (Fsp3) is 0.200. The largest absolute Gasteiger partial charge is 0.396 e. The van der Waals surface area contributed by atoms with Gasteiger partial charge in [0.2, 0.25) is 0 Å². The summed E-state index contributed by atoms with van der Waals surface area (Å²) in [6, 6.07) is 18.4. The molecule has 2 aromatic rings. The quantitative estimate of drug-likeness (QED) is 0.843. The van der Waals surface area contributed by atoms with E-state index in [0.29, 0.717) is 6.42 Å². The monoisotopic (exact) mass is 227 g/mol. The molecule has 0 aliphatic carbocycles. The van der Waals surface area contributed by atoms with Crippen LogP contribution in [-0.2, 0) is 0 Å². The number of aliphatic hydroxyl groups is 1. The molecular weight excluding hydrogens is 210 g/mol. The minimum absolute atomic E-state index is 0.0789. The van der Waals surface area contributed by atoms with Crippen LogP contribution in [0.1, 0.15) is 18.0 Å². The summed E-state index contributed by atoms with van der Waals surface area (Å²) < 4.78 is 0. The van der Waals surface area contributed by atoms with E-state index in [1.807, 2.05) is 30.3 Å². The van der Waals surface area contributed by atoms with E-state index in [1.165, 1.54) is 11.1 Å². The third-order valence-electron chi connectivity index (χ3n) is 2.89. The summed E-state index contributed by atoms with van der Waals surface area (Å²) in [6.07, 6.45) is 0.602. The summed E-state index contributed by atoms with van der Waals surface area (Å²) in [5, 5.41) is 8.85. The summed E-state index contributed by atoms with van der Waals surface area (Å²) >= 11 is 0. The lowest BCUT2D eigenvalue weighted by Gasteiger charge is -2.11. The van der Waals surface area contributed by atoms with Crippen LogP contribution < -0.4 is 5.73 Å². The number of benzene rings is 2. The van der Waals surface area contributed by atoms with Crippen LogP contribution in [0.15, 0.2) is 54.6 Å². The fourth-order valence-electron chi connectivity index (χ4n) is 1.86. The van der Waals surface area contributed by atoms with E-state index in [1.54, 1.807) is 0 Å². The van der Waals surface area contributed by atoms with Crippen molar-refractivity contribution in [1.29, 1.82) is 0 Å². The normalized spacial score (nSPS) is 12.4. The number of rotatable bonds is 4. The second-order valence-electron chi connectivity index (χ2n) is 4.11. The molecule has 0 heterocycles. The van der Waals surface area contributed by atoms with Crippen LogP contribution >= 0.6 is 0 Å². The minimum atomic E-state index is -0.0789. The van der Waals surface area contributed by atoms with Crippen molar-refractivity contribution < 1.29 is 5.11 Å². The van der Waals surface area contributed by atoms with E-state index in [0.717, 1.165) is 5.56 Å². The molecule has 0 radical (unpaired) electrons. The molecule has 0 bridgehead atoms. The maximum Gasteiger partial charge on any atom is 0.0449 e.